The third-order valence-corrected chi connectivity index (χ3v) is 6.27. The highest BCUT2D eigenvalue weighted by molar-refractivity contribution is 7.86. The highest BCUT2D eigenvalue weighted by Crippen LogP contribution is 2.37. The Bertz CT molecular complexity index is 600. The third kappa shape index (κ3) is 4.57. The number of nitrogens with zero attached hydrogens (tertiary/aromatic N) is 1. The van der Waals surface area contributed by atoms with Crippen molar-refractivity contribution >= 4 is 16.5 Å². The molecule has 130 valence electrons. The van der Waals surface area contributed by atoms with Crippen LogP contribution in [-0.2, 0) is 16.2 Å². The average molecular weight is 345 g/mol. The Labute approximate surface area is 138 Å². The molecule has 0 saturated heterocycles. The van der Waals surface area contributed by atoms with Gasteiger partial charge in [-0.2, -0.15) is 0 Å². The summed E-state index contributed by atoms with van der Waals surface area (Å²) in [6.45, 7) is 7.08. The fourth-order valence-electron chi connectivity index (χ4n) is 2.47. The fraction of sp³-hybridized carbons (Fsp3) is 0.625. The van der Waals surface area contributed by atoms with Gasteiger partial charge in [0.25, 0.3) is 5.69 Å². The van der Waals surface area contributed by atoms with Crippen molar-refractivity contribution in [2.24, 2.45) is 0 Å². The summed E-state index contributed by atoms with van der Waals surface area (Å²) in [5.41, 5.74) is -0.956. The minimum absolute atomic E-state index is 0.144. The summed E-state index contributed by atoms with van der Waals surface area (Å²) in [7, 11) is -1.28. The Morgan fingerprint density at radius 1 is 1.35 bits per heavy atom. The molecule has 2 atom stereocenters. The summed E-state index contributed by atoms with van der Waals surface area (Å²) in [5, 5.41) is 20.4. The molecule has 0 saturated carbocycles. The number of halogens is 1. The monoisotopic (exact) mass is 345 g/mol. The number of hydrogen-bond donors (Lipinski definition) is 1. The van der Waals surface area contributed by atoms with Gasteiger partial charge in [-0.3, -0.25) is 14.3 Å². The molecule has 23 heavy (non-hydrogen) atoms. The van der Waals surface area contributed by atoms with Crippen LogP contribution in [0.1, 0.15) is 46.1 Å². The maximum absolute atomic E-state index is 14.4. The first-order valence-electron chi connectivity index (χ1n) is 7.51. The van der Waals surface area contributed by atoms with Gasteiger partial charge in [0.15, 0.2) is 0 Å². The molecule has 0 fully saturated rings. The zero-order valence-electron chi connectivity index (χ0n) is 14.0. The van der Waals surface area contributed by atoms with E-state index in [2.05, 4.69) is 0 Å². The lowest BCUT2D eigenvalue weighted by Gasteiger charge is -2.35. The summed E-state index contributed by atoms with van der Waals surface area (Å²) in [6.07, 6.45) is 0.622. The maximum atomic E-state index is 14.4. The van der Waals surface area contributed by atoms with Gasteiger partial charge in [0, 0.05) is 51.0 Å². The first kappa shape index (κ1) is 19.7. The van der Waals surface area contributed by atoms with Crippen molar-refractivity contribution in [3.63, 3.8) is 0 Å². The average Bonchev–Trinajstić information content (AvgIpc) is 2.45. The molecule has 1 N–H and O–H groups in total. The van der Waals surface area contributed by atoms with Gasteiger partial charge in [0.1, 0.15) is 5.82 Å². The van der Waals surface area contributed by atoms with Gasteiger partial charge in [0.05, 0.1) is 4.92 Å². The van der Waals surface area contributed by atoms with Crippen LogP contribution in [0.15, 0.2) is 18.2 Å². The van der Waals surface area contributed by atoms with Crippen LogP contribution in [0.25, 0.3) is 0 Å². The molecule has 0 amide bonds. The molecule has 7 heteroatoms. The first-order chi connectivity index (χ1) is 10.6. The van der Waals surface area contributed by atoms with Crippen molar-refractivity contribution in [3.05, 3.63) is 39.7 Å². The minimum atomic E-state index is -1.28. The van der Waals surface area contributed by atoms with E-state index in [-0.39, 0.29) is 30.0 Å². The third-order valence-electron chi connectivity index (χ3n) is 4.09. The molecule has 0 aromatic heterocycles. The minimum Gasteiger partial charge on any atom is -0.396 e. The Kier molecular flexibility index (Phi) is 6.41. The van der Waals surface area contributed by atoms with Crippen LogP contribution >= 0.6 is 0 Å². The SMILES string of the molecule is CC[C@@](CCO)(C[S@](=O)C(C)(C)C)c1cc([N+](=O)[O-])ccc1F. The van der Waals surface area contributed by atoms with Gasteiger partial charge < -0.3 is 5.11 Å². The highest BCUT2D eigenvalue weighted by Gasteiger charge is 2.38. The van der Waals surface area contributed by atoms with Crippen molar-refractivity contribution in [2.75, 3.05) is 12.4 Å². The molecule has 1 rings (SSSR count). The van der Waals surface area contributed by atoms with Crippen LogP contribution in [0.3, 0.4) is 0 Å². The molecule has 0 unspecified atom stereocenters. The molecule has 0 heterocycles. The Morgan fingerprint density at radius 2 is 1.96 bits per heavy atom. The smallest absolute Gasteiger partial charge is 0.269 e. The van der Waals surface area contributed by atoms with Crippen molar-refractivity contribution in [2.45, 2.75) is 50.7 Å². The second kappa shape index (κ2) is 7.49. The standard InChI is InChI=1S/C16H24FNO4S/c1-5-16(8-9-19,11-23(22)15(2,3)4)13-10-12(18(20)21)6-7-14(13)17/h6-7,10,19H,5,8-9,11H2,1-4H3/t16-,23+/m1/s1. The maximum Gasteiger partial charge on any atom is 0.269 e. The van der Waals surface area contributed by atoms with Gasteiger partial charge in [0.2, 0.25) is 0 Å². The number of nitro benzene ring substituents is 1. The van der Waals surface area contributed by atoms with E-state index >= 15 is 0 Å². The van der Waals surface area contributed by atoms with Crippen molar-refractivity contribution < 1.29 is 18.6 Å². The number of nitro groups is 1. The van der Waals surface area contributed by atoms with Gasteiger partial charge >= 0.3 is 0 Å². The van der Waals surface area contributed by atoms with Crippen LogP contribution in [0, 0.1) is 15.9 Å². The second-order valence-corrected chi connectivity index (χ2v) is 8.84. The quantitative estimate of drug-likeness (QED) is 0.607. The van der Waals surface area contributed by atoms with Gasteiger partial charge in [-0.25, -0.2) is 4.39 Å². The topological polar surface area (TPSA) is 80.4 Å². The summed E-state index contributed by atoms with van der Waals surface area (Å²) < 4.78 is 26.5. The predicted octanol–water partition coefficient (Wildman–Crippen LogP) is 3.31. The Morgan fingerprint density at radius 3 is 2.39 bits per heavy atom. The molecule has 0 aliphatic heterocycles. The molecule has 1 aromatic carbocycles. The van der Waals surface area contributed by atoms with Crippen LogP contribution in [0.5, 0.6) is 0 Å². The van der Waals surface area contributed by atoms with Gasteiger partial charge in [-0.1, -0.05) is 6.92 Å². The molecule has 0 bridgehead atoms. The Hall–Kier alpha value is -1.34. The van der Waals surface area contributed by atoms with Crippen molar-refractivity contribution in [1.82, 2.24) is 0 Å². The van der Waals surface area contributed by atoms with Crippen LogP contribution in [0.4, 0.5) is 10.1 Å². The normalized spacial score (nSPS) is 15.9. The summed E-state index contributed by atoms with van der Waals surface area (Å²) in [4.78, 5) is 10.4. The summed E-state index contributed by atoms with van der Waals surface area (Å²) in [6, 6.07) is 3.38. The van der Waals surface area contributed by atoms with E-state index in [0.717, 1.165) is 12.1 Å². The number of rotatable bonds is 7. The van der Waals surface area contributed by atoms with E-state index in [1.54, 1.807) is 0 Å². The predicted molar refractivity (Wildman–Crippen MR) is 89.5 cm³/mol. The molecule has 1 aromatic rings. The summed E-state index contributed by atoms with van der Waals surface area (Å²) in [5.74, 6) is -0.428. The molecule has 0 aliphatic carbocycles. The van der Waals surface area contributed by atoms with E-state index in [1.807, 2.05) is 27.7 Å². The first-order valence-corrected chi connectivity index (χ1v) is 8.83. The second-order valence-electron chi connectivity index (χ2n) is 6.63. The van der Waals surface area contributed by atoms with Crippen LogP contribution in [-0.4, -0.2) is 31.3 Å². The number of aliphatic hydroxyl groups is 1. The zero-order valence-corrected chi connectivity index (χ0v) is 14.8. The molecule has 0 spiro atoms. The van der Waals surface area contributed by atoms with Crippen molar-refractivity contribution in [1.29, 1.82) is 0 Å². The number of benzene rings is 1. The lowest BCUT2D eigenvalue weighted by atomic mass is 9.77. The number of aliphatic hydroxyl groups excluding tert-OH is 1. The highest BCUT2D eigenvalue weighted by atomic mass is 32.2. The largest absolute Gasteiger partial charge is 0.396 e. The fourth-order valence-corrected chi connectivity index (χ4v) is 3.91. The molecule has 5 nitrogen and oxygen atoms in total. The lowest BCUT2D eigenvalue weighted by Crippen LogP contribution is -2.39. The van der Waals surface area contributed by atoms with Crippen LogP contribution < -0.4 is 0 Å². The van der Waals surface area contributed by atoms with Gasteiger partial charge in [-0.15, -0.1) is 0 Å². The Balaban J connectivity index is 3.44. The van der Waals surface area contributed by atoms with E-state index in [0.29, 0.717) is 6.42 Å². The van der Waals surface area contributed by atoms with E-state index in [9.17, 15) is 23.8 Å². The lowest BCUT2D eigenvalue weighted by molar-refractivity contribution is -0.385. The van der Waals surface area contributed by atoms with Crippen molar-refractivity contribution in [3.8, 4) is 0 Å². The zero-order chi connectivity index (χ0) is 17.8. The molecular weight excluding hydrogens is 321 g/mol. The number of hydrogen-bond acceptors (Lipinski definition) is 4. The van der Waals surface area contributed by atoms with Crippen LogP contribution in [0.2, 0.25) is 0 Å². The molecule has 0 radical (unpaired) electrons. The number of non-ortho nitro benzene ring substituents is 1. The molecular formula is C16H24FNO4S. The van der Waals surface area contributed by atoms with Gasteiger partial charge in [-0.05, 0) is 39.7 Å². The molecule has 0 aliphatic rings. The van der Waals surface area contributed by atoms with E-state index in [1.165, 1.54) is 6.07 Å². The summed E-state index contributed by atoms with van der Waals surface area (Å²) >= 11 is 0. The van der Waals surface area contributed by atoms with E-state index < -0.39 is 31.7 Å². The van der Waals surface area contributed by atoms with E-state index in [4.69, 9.17) is 0 Å².